The molecule has 1 aromatic heterocycles. The van der Waals surface area contributed by atoms with E-state index in [1.807, 2.05) is 66.4 Å². The van der Waals surface area contributed by atoms with Crippen LogP contribution in [-0.4, -0.2) is 67.6 Å². The van der Waals surface area contributed by atoms with Crippen molar-refractivity contribution in [1.82, 2.24) is 14.9 Å². The van der Waals surface area contributed by atoms with Crippen LogP contribution in [0.15, 0.2) is 54.6 Å². The highest BCUT2D eigenvalue weighted by Gasteiger charge is 2.28. The Balaban J connectivity index is 1.34. The smallest absolute Gasteiger partial charge is 0.254 e. The van der Waals surface area contributed by atoms with Gasteiger partial charge in [-0.15, -0.1) is 0 Å². The van der Waals surface area contributed by atoms with Gasteiger partial charge in [-0.2, -0.15) is 4.98 Å². The quantitative estimate of drug-likeness (QED) is 0.596. The third-order valence-electron chi connectivity index (χ3n) is 6.51. The molecule has 3 aromatic rings. The van der Waals surface area contributed by atoms with Crippen LogP contribution in [0.3, 0.4) is 0 Å². The molecule has 0 unspecified atom stereocenters. The van der Waals surface area contributed by atoms with Gasteiger partial charge in [0.1, 0.15) is 11.6 Å². The summed E-state index contributed by atoms with van der Waals surface area (Å²) in [6.07, 6.45) is 0.708. The third-order valence-corrected chi connectivity index (χ3v) is 6.51. The first-order valence-electron chi connectivity index (χ1n) is 11.7. The van der Waals surface area contributed by atoms with E-state index in [0.717, 1.165) is 54.9 Å². The molecule has 0 N–H and O–H groups in total. The zero-order chi connectivity index (χ0) is 23.7. The van der Waals surface area contributed by atoms with Gasteiger partial charge in [0.2, 0.25) is 5.95 Å². The molecule has 2 aliphatic heterocycles. The summed E-state index contributed by atoms with van der Waals surface area (Å²) in [5.74, 6) is 1.43. The molecule has 0 aliphatic carbocycles. The SMILES string of the molecule is CN(C)c1nc(N2CCN(c3ccc(F)cc3)CC2)nc2c1CN(C(=O)c1ccccc1)CC2. The Hall–Kier alpha value is -3.68. The second-order valence-corrected chi connectivity index (χ2v) is 8.96. The van der Waals surface area contributed by atoms with Crippen molar-refractivity contribution >= 4 is 23.4 Å². The van der Waals surface area contributed by atoms with Gasteiger partial charge >= 0.3 is 0 Å². The molecule has 2 aliphatic rings. The lowest BCUT2D eigenvalue weighted by molar-refractivity contribution is 0.0733. The van der Waals surface area contributed by atoms with Crippen LogP contribution in [0.2, 0.25) is 0 Å². The van der Waals surface area contributed by atoms with Gasteiger partial charge in [-0.3, -0.25) is 4.79 Å². The monoisotopic (exact) mass is 460 g/mol. The van der Waals surface area contributed by atoms with Gasteiger partial charge in [-0.05, 0) is 36.4 Å². The first-order chi connectivity index (χ1) is 16.5. The maximum atomic E-state index is 13.3. The number of halogens is 1. The molecule has 0 radical (unpaired) electrons. The maximum absolute atomic E-state index is 13.3. The van der Waals surface area contributed by atoms with Crippen LogP contribution >= 0.6 is 0 Å². The summed E-state index contributed by atoms with van der Waals surface area (Å²) in [6, 6.07) is 16.1. The fourth-order valence-corrected chi connectivity index (χ4v) is 4.65. The van der Waals surface area contributed by atoms with E-state index in [1.54, 1.807) is 0 Å². The summed E-state index contributed by atoms with van der Waals surface area (Å²) in [6.45, 7) is 4.38. The van der Waals surface area contributed by atoms with Crippen LogP contribution in [0, 0.1) is 5.82 Å². The van der Waals surface area contributed by atoms with Crippen molar-refractivity contribution in [2.75, 3.05) is 61.5 Å². The van der Waals surface area contributed by atoms with Gasteiger partial charge < -0.3 is 19.6 Å². The topological polar surface area (TPSA) is 55.8 Å². The molecule has 2 aromatic carbocycles. The Labute approximate surface area is 199 Å². The number of rotatable bonds is 4. The standard InChI is InChI=1S/C26H29FN6O/c1-30(2)24-22-18-33(25(34)19-6-4-3-5-7-19)13-12-23(22)28-26(29-24)32-16-14-31(15-17-32)21-10-8-20(27)9-11-21/h3-11H,12-18H2,1-2H3. The fraction of sp³-hybridized carbons (Fsp3) is 0.346. The van der Waals surface area contributed by atoms with Crippen molar-refractivity contribution in [3.8, 4) is 0 Å². The van der Waals surface area contributed by atoms with Gasteiger partial charge in [0.15, 0.2) is 0 Å². The predicted molar refractivity (Wildman–Crippen MR) is 132 cm³/mol. The lowest BCUT2D eigenvalue weighted by atomic mass is 10.0. The Morgan fingerprint density at radius 2 is 1.56 bits per heavy atom. The Morgan fingerprint density at radius 3 is 2.24 bits per heavy atom. The highest BCUT2D eigenvalue weighted by Crippen LogP contribution is 2.29. The molecular formula is C26H29FN6O. The molecule has 1 amide bonds. The second-order valence-electron chi connectivity index (χ2n) is 8.96. The number of carbonyl (C=O) groups is 1. The molecule has 1 saturated heterocycles. The Bertz CT molecular complexity index is 1160. The minimum atomic E-state index is -0.218. The minimum Gasteiger partial charge on any atom is -0.368 e. The van der Waals surface area contributed by atoms with E-state index in [2.05, 4.69) is 9.80 Å². The van der Waals surface area contributed by atoms with E-state index in [9.17, 15) is 9.18 Å². The summed E-state index contributed by atoms with van der Waals surface area (Å²) >= 11 is 0. The van der Waals surface area contributed by atoms with Crippen LogP contribution < -0.4 is 14.7 Å². The van der Waals surface area contributed by atoms with Crippen LogP contribution in [0.25, 0.3) is 0 Å². The van der Waals surface area contributed by atoms with E-state index < -0.39 is 0 Å². The number of aromatic nitrogens is 2. The number of anilines is 3. The van der Waals surface area contributed by atoms with Gasteiger partial charge in [0.25, 0.3) is 5.91 Å². The number of amides is 1. The molecular weight excluding hydrogens is 431 g/mol. The zero-order valence-electron chi connectivity index (χ0n) is 19.6. The highest BCUT2D eigenvalue weighted by atomic mass is 19.1. The van der Waals surface area contributed by atoms with Crippen molar-refractivity contribution in [3.63, 3.8) is 0 Å². The summed E-state index contributed by atoms with van der Waals surface area (Å²) in [5.41, 5.74) is 3.78. The van der Waals surface area contributed by atoms with Gasteiger partial charge in [-0.25, -0.2) is 9.37 Å². The first kappa shape index (κ1) is 22.1. The van der Waals surface area contributed by atoms with Gasteiger partial charge in [0, 0.05) is 70.1 Å². The predicted octanol–water partition coefficient (Wildman–Crippen LogP) is 3.21. The number of fused-ring (bicyclic) bond motifs is 1. The fourth-order valence-electron chi connectivity index (χ4n) is 4.65. The molecule has 1 fully saturated rings. The molecule has 8 heteroatoms. The summed E-state index contributed by atoms with van der Waals surface area (Å²) in [5, 5.41) is 0. The number of hydrogen-bond donors (Lipinski definition) is 0. The molecule has 34 heavy (non-hydrogen) atoms. The van der Waals surface area contributed by atoms with Crippen LogP contribution in [-0.2, 0) is 13.0 Å². The molecule has 5 rings (SSSR count). The molecule has 3 heterocycles. The zero-order valence-corrected chi connectivity index (χ0v) is 19.6. The maximum Gasteiger partial charge on any atom is 0.254 e. The van der Waals surface area contributed by atoms with Crippen molar-refractivity contribution in [2.24, 2.45) is 0 Å². The number of nitrogens with zero attached hydrogens (tertiary/aromatic N) is 6. The van der Waals surface area contributed by atoms with Crippen molar-refractivity contribution in [3.05, 3.63) is 77.2 Å². The average Bonchev–Trinajstić information content (AvgIpc) is 2.88. The van der Waals surface area contributed by atoms with E-state index >= 15 is 0 Å². The largest absolute Gasteiger partial charge is 0.368 e. The van der Waals surface area contributed by atoms with Crippen LogP contribution in [0.4, 0.5) is 21.8 Å². The Kier molecular flexibility index (Phi) is 6.04. The molecule has 0 spiro atoms. The summed E-state index contributed by atoms with van der Waals surface area (Å²) in [7, 11) is 3.97. The van der Waals surface area contributed by atoms with E-state index in [1.165, 1.54) is 12.1 Å². The second kappa shape index (κ2) is 9.29. The number of carbonyl (C=O) groups excluding carboxylic acids is 1. The van der Waals surface area contributed by atoms with Crippen LogP contribution in [0.1, 0.15) is 21.6 Å². The number of hydrogen-bond acceptors (Lipinski definition) is 6. The Morgan fingerprint density at radius 1 is 0.882 bits per heavy atom. The number of benzene rings is 2. The molecule has 176 valence electrons. The summed E-state index contributed by atoms with van der Waals surface area (Å²) in [4.78, 5) is 31.2. The van der Waals surface area contributed by atoms with E-state index in [4.69, 9.17) is 9.97 Å². The van der Waals surface area contributed by atoms with Crippen LogP contribution in [0.5, 0.6) is 0 Å². The van der Waals surface area contributed by atoms with E-state index in [-0.39, 0.29) is 11.7 Å². The molecule has 0 bridgehead atoms. The normalized spacial score (nSPS) is 15.8. The third kappa shape index (κ3) is 4.40. The van der Waals surface area contributed by atoms with Crippen molar-refractivity contribution < 1.29 is 9.18 Å². The summed E-state index contributed by atoms with van der Waals surface area (Å²) < 4.78 is 13.3. The molecule has 0 atom stereocenters. The van der Waals surface area contributed by atoms with Crippen molar-refractivity contribution in [1.29, 1.82) is 0 Å². The lowest BCUT2D eigenvalue weighted by Crippen LogP contribution is -2.47. The average molecular weight is 461 g/mol. The van der Waals surface area contributed by atoms with Gasteiger partial charge in [-0.1, -0.05) is 18.2 Å². The number of piperazine rings is 1. The minimum absolute atomic E-state index is 0.0388. The molecule has 0 saturated carbocycles. The first-order valence-corrected chi connectivity index (χ1v) is 11.7. The van der Waals surface area contributed by atoms with Gasteiger partial charge in [0.05, 0.1) is 12.2 Å². The highest BCUT2D eigenvalue weighted by molar-refractivity contribution is 5.94. The van der Waals surface area contributed by atoms with E-state index in [0.29, 0.717) is 25.1 Å². The van der Waals surface area contributed by atoms with Crippen molar-refractivity contribution in [2.45, 2.75) is 13.0 Å². The molecule has 7 nitrogen and oxygen atoms in total. The lowest BCUT2D eigenvalue weighted by Gasteiger charge is -2.37.